The van der Waals surface area contributed by atoms with E-state index in [4.69, 9.17) is 9.79 Å². The Morgan fingerprint density at radius 2 is 1.92 bits per heavy atom. The van der Waals surface area contributed by atoms with Crippen molar-refractivity contribution < 1.29 is 14.4 Å². The largest absolute Gasteiger partial charge is 0.326 e. The molecular weight excluding hydrogens is 177 g/mol. The summed E-state index contributed by atoms with van der Waals surface area (Å²) in [5.74, 6) is 0.632. The molecule has 4 nitrogen and oxygen atoms in total. The molecule has 0 heterocycles. The van der Waals surface area contributed by atoms with Crippen molar-refractivity contribution >= 4 is 7.60 Å². The summed E-state index contributed by atoms with van der Waals surface area (Å²) in [7, 11) is -3.79. The van der Waals surface area contributed by atoms with Gasteiger partial charge < -0.3 is 15.1 Å². The molecule has 12 heavy (non-hydrogen) atoms. The summed E-state index contributed by atoms with van der Waals surface area (Å²) in [5.41, 5.74) is 0. The molecule has 0 aliphatic carbocycles. The summed E-state index contributed by atoms with van der Waals surface area (Å²) in [6, 6.07) is 0. The quantitative estimate of drug-likeness (QED) is 0.433. The van der Waals surface area contributed by atoms with Crippen LogP contribution in [0.15, 0.2) is 0 Å². The van der Waals surface area contributed by atoms with Gasteiger partial charge in [0.1, 0.15) is 0 Å². The second kappa shape index (κ2) is 5.70. The average molecular weight is 195 g/mol. The molecule has 0 aromatic heterocycles. The zero-order valence-corrected chi connectivity index (χ0v) is 8.55. The molecule has 0 unspecified atom stereocenters. The van der Waals surface area contributed by atoms with E-state index in [1.807, 2.05) is 0 Å². The van der Waals surface area contributed by atoms with Gasteiger partial charge in [-0.05, 0) is 18.9 Å². The number of rotatable bonds is 6. The van der Waals surface area contributed by atoms with Crippen LogP contribution in [-0.2, 0) is 4.57 Å². The smallest absolute Gasteiger partial charge is 0.324 e. The van der Waals surface area contributed by atoms with Crippen LogP contribution in [0, 0.1) is 5.92 Å². The molecule has 0 atom stereocenters. The topological polar surface area (TPSA) is 69.6 Å². The minimum absolute atomic E-state index is 0.0644. The van der Waals surface area contributed by atoms with Crippen LogP contribution in [0.25, 0.3) is 0 Å². The summed E-state index contributed by atoms with van der Waals surface area (Å²) >= 11 is 0. The maximum Gasteiger partial charge on any atom is 0.326 e. The van der Waals surface area contributed by atoms with Crippen LogP contribution in [0.1, 0.15) is 20.3 Å². The standard InChI is InChI=1S/C7H18NO3P/c1-7(2)3-4-8-5-6-12(9,10)11/h7-8H,3-6H2,1-2H3,(H2,9,10,11). The average Bonchev–Trinajstić information content (AvgIpc) is 1.83. The fourth-order valence-corrected chi connectivity index (χ4v) is 1.19. The van der Waals surface area contributed by atoms with E-state index in [2.05, 4.69) is 19.2 Å². The fourth-order valence-electron chi connectivity index (χ4n) is 0.740. The minimum atomic E-state index is -3.79. The van der Waals surface area contributed by atoms with Crippen LogP contribution >= 0.6 is 7.60 Å². The van der Waals surface area contributed by atoms with E-state index in [0.717, 1.165) is 13.0 Å². The monoisotopic (exact) mass is 195 g/mol. The van der Waals surface area contributed by atoms with Crippen LogP contribution in [0.2, 0.25) is 0 Å². The van der Waals surface area contributed by atoms with E-state index in [9.17, 15) is 4.57 Å². The molecule has 74 valence electrons. The van der Waals surface area contributed by atoms with Crippen LogP contribution in [0.3, 0.4) is 0 Å². The first-order valence-electron chi connectivity index (χ1n) is 4.17. The molecule has 0 aromatic rings. The van der Waals surface area contributed by atoms with Gasteiger partial charge in [0.2, 0.25) is 0 Å². The molecule has 0 fully saturated rings. The molecule has 0 saturated heterocycles. The van der Waals surface area contributed by atoms with Gasteiger partial charge in [-0.15, -0.1) is 0 Å². The van der Waals surface area contributed by atoms with Crippen LogP contribution in [0.4, 0.5) is 0 Å². The van der Waals surface area contributed by atoms with Crippen molar-refractivity contribution in [3.8, 4) is 0 Å². The molecule has 0 radical (unpaired) electrons. The maximum absolute atomic E-state index is 10.4. The Kier molecular flexibility index (Phi) is 5.76. The van der Waals surface area contributed by atoms with Crippen molar-refractivity contribution in [2.24, 2.45) is 5.92 Å². The van der Waals surface area contributed by atoms with Crippen LogP contribution in [0.5, 0.6) is 0 Å². The molecule has 0 aliphatic heterocycles. The van der Waals surface area contributed by atoms with Gasteiger partial charge in [-0.1, -0.05) is 13.8 Å². The number of hydrogen-bond acceptors (Lipinski definition) is 2. The number of nitrogens with one attached hydrogen (secondary N) is 1. The van der Waals surface area contributed by atoms with Gasteiger partial charge in [0, 0.05) is 6.54 Å². The van der Waals surface area contributed by atoms with E-state index < -0.39 is 7.60 Å². The fraction of sp³-hybridized carbons (Fsp3) is 1.00. The first-order valence-corrected chi connectivity index (χ1v) is 5.97. The molecule has 0 aromatic carbocycles. The van der Waals surface area contributed by atoms with Gasteiger partial charge in [-0.25, -0.2) is 0 Å². The third kappa shape index (κ3) is 10.1. The first kappa shape index (κ1) is 12.1. The highest BCUT2D eigenvalue weighted by Crippen LogP contribution is 2.32. The third-order valence-electron chi connectivity index (χ3n) is 1.48. The minimum Gasteiger partial charge on any atom is -0.324 e. The Morgan fingerprint density at radius 1 is 1.33 bits per heavy atom. The van der Waals surface area contributed by atoms with E-state index in [1.54, 1.807) is 0 Å². The van der Waals surface area contributed by atoms with Gasteiger partial charge in [0.15, 0.2) is 0 Å². The Morgan fingerprint density at radius 3 is 2.33 bits per heavy atom. The van der Waals surface area contributed by atoms with Gasteiger partial charge >= 0.3 is 7.60 Å². The predicted octanol–water partition coefficient (Wildman–Crippen LogP) is 0.800. The summed E-state index contributed by atoms with van der Waals surface area (Å²) in [6.07, 6.45) is 0.978. The van der Waals surface area contributed by atoms with Crippen molar-refractivity contribution in [2.45, 2.75) is 20.3 Å². The lowest BCUT2D eigenvalue weighted by molar-refractivity contribution is 0.371. The maximum atomic E-state index is 10.4. The molecule has 5 heteroatoms. The molecule has 3 N–H and O–H groups in total. The molecular formula is C7H18NO3P. The van der Waals surface area contributed by atoms with Crippen LogP contribution in [-0.4, -0.2) is 29.0 Å². The highest BCUT2D eigenvalue weighted by Gasteiger charge is 2.10. The van der Waals surface area contributed by atoms with Gasteiger partial charge in [0.25, 0.3) is 0 Å². The Hall–Kier alpha value is 0.110. The third-order valence-corrected chi connectivity index (χ3v) is 2.28. The molecule has 0 spiro atoms. The molecule has 0 amide bonds. The lowest BCUT2D eigenvalue weighted by Crippen LogP contribution is -2.20. The molecule has 0 bridgehead atoms. The predicted molar refractivity (Wildman–Crippen MR) is 49.2 cm³/mol. The van der Waals surface area contributed by atoms with E-state index >= 15 is 0 Å². The Balaban J connectivity index is 3.17. The summed E-state index contributed by atoms with van der Waals surface area (Å²) in [4.78, 5) is 17.0. The van der Waals surface area contributed by atoms with Crippen molar-refractivity contribution in [1.29, 1.82) is 0 Å². The van der Waals surface area contributed by atoms with E-state index in [1.165, 1.54) is 0 Å². The van der Waals surface area contributed by atoms with Crippen molar-refractivity contribution in [3.05, 3.63) is 0 Å². The van der Waals surface area contributed by atoms with Crippen molar-refractivity contribution in [3.63, 3.8) is 0 Å². The summed E-state index contributed by atoms with van der Waals surface area (Å²) in [6.45, 7) is 5.46. The zero-order valence-electron chi connectivity index (χ0n) is 7.66. The van der Waals surface area contributed by atoms with Gasteiger partial charge in [-0.2, -0.15) is 0 Å². The van der Waals surface area contributed by atoms with Gasteiger partial charge in [-0.3, -0.25) is 4.57 Å². The van der Waals surface area contributed by atoms with Crippen molar-refractivity contribution in [2.75, 3.05) is 19.3 Å². The lowest BCUT2D eigenvalue weighted by Gasteiger charge is -2.07. The molecule has 0 rings (SSSR count). The van der Waals surface area contributed by atoms with Crippen LogP contribution < -0.4 is 5.32 Å². The van der Waals surface area contributed by atoms with Gasteiger partial charge in [0.05, 0.1) is 6.16 Å². The van der Waals surface area contributed by atoms with Crippen molar-refractivity contribution in [1.82, 2.24) is 5.32 Å². The first-order chi connectivity index (χ1) is 5.42. The second-order valence-electron chi connectivity index (χ2n) is 3.32. The number of hydrogen-bond donors (Lipinski definition) is 3. The second-order valence-corrected chi connectivity index (χ2v) is 5.10. The Labute approximate surface area is 73.5 Å². The lowest BCUT2D eigenvalue weighted by atomic mass is 10.1. The highest BCUT2D eigenvalue weighted by molar-refractivity contribution is 7.51. The highest BCUT2D eigenvalue weighted by atomic mass is 31.2. The zero-order chi connectivity index (χ0) is 9.61. The SMILES string of the molecule is CC(C)CCNCCP(=O)(O)O. The molecule has 0 aliphatic rings. The van der Waals surface area contributed by atoms with E-state index in [-0.39, 0.29) is 6.16 Å². The van der Waals surface area contributed by atoms with E-state index in [0.29, 0.717) is 12.5 Å². The Bertz CT molecular complexity index is 155. The summed E-state index contributed by atoms with van der Waals surface area (Å²) in [5, 5.41) is 2.98. The normalized spacial score (nSPS) is 12.4. The summed E-state index contributed by atoms with van der Waals surface area (Å²) < 4.78 is 10.4. The molecule has 0 saturated carbocycles.